The molecule has 1 atom stereocenters. The number of ether oxygens (including phenoxy) is 1. The summed E-state index contributed by atoms with van der Waals surface area (Å²) in [6.45, 7) is 2.66. The van der Waals surface area contributed by atoms with E-state index in [2.05, 4.69) is 10.0 Å². The van der Waals surface area contributed by atoms with E-state index in [4.69, 9.17) is 4.74 Å². The van der Waals surface area contributed by atoms with Crippen molar-refractivity contribution in [2.24, 2.45) is 17.8 Å². The molecule has 1 unspecified atom stereocenters. The first kappa shape index (κ1) is 22.7. The Balaban J connectivity index is 1.10. The highest BCUT2D eigenvalue weighted by Crippen LogP contribution is 2.55. The molecule has 0 saturated heterocycles. The van der Waals surface area contributed by atoms with Crippen molar-refractivity contribution < 1.29 is 18.3 Å². The van der Waals surface area contributed by atoms with E-state index in [1.54, 1.807) is 48.5 Å². The van der Waals surface area contributed by atoms with Gasteiger partial charge in [-0.3, -0.25) is 4.72 Å². The molecule has 2 aromatic rings. The summed E-state index contributed by atoms with van der Waals surface area (Å²) in [5.41, 5.74) is 1.70. The fraction of sp³-hybridized carbons (Fsp3) is 0.538. The van der Waals surface area contributed by atoms with Crippen LogP contribution in [0.4, 0.5) is 5.69 Å². The van der Waals surface area contributed by atoms with Crippen molar-refractivity contribution in [3.05, 3.63) is 54.1 Å². The standard InChI is InChI=1S/C26H34N2O4S/c1-18-2-8-25(9-3-18)33(30,31)28-22-4-6-24(7-5-22)32-17-23(29)16-27-26-13-19-10-20(14-26)12-21(11-19)15-26/h2-9,19-21,23,27-29H,10-17H2,1H3. The Morgan fingerprint density at radius 2 is 1.55 bits per heavy atom. The molecule has 0 radical (unpaired) electrons. The largest absolute Gasteiger partial charge is 0.491 e. The zero-order chi connectivity index (χ0) is 23.1. The van der Waals surface area contributed by atoms with Crippen molar-refractivity contribution >= 4 is 15.7 Å². The molecule has 0 amide bonds. The second-order valence-corrected chi connectivity index (χ2v) is 12.2. The molecular formula is C26H34N2O4S. The summed E-state index contributed by atoms with van der Waals surface area (Å²) in [6.07, 6.45) is 7.40. The van der Waals surface area contributed by atoms with Gasteiger partial charge in [0.15, 0.2) is 0 Å². The van der Waals surface area contributed by atoms with Crippen molar-refractivity contribution in [2.75, 3.05) is 17.9 Å². The van der Waals surface area contributed by atoms with E-state index < -0.39 is 16.1 Å². The first-order chi connectivity index (χ1) is 15.8. The number of hydrogen-bond donors (Lipinski definition) is 3. The summed E-state index contributed by atoms with van der Waals surface area (Å²) >= 11 is 0. The highest BCUT2D eigenvalue weighted by atomic mass is 32.2. The van der Waals surface area contributed by atoms with Crippen LogP contribution in [0.15, 0.2) is 53.4 Å². The average molecular weight is 471 g/mol. The lowest BCUT2D eigenvalue weighted by Gasteiger charge is -2.57. The summed E-state index contributed by atoms with van der Waals surface area (Å²) in [5.74, 6) is 3.22. The molecule has 0 heterocycles. The van der Waals surface area contributed by atoms with Gasteiger partial charge >= 0.3 is 0 Å². The summed E-state index contributed by atoms with van der Waals surface area (Å²) in [5, 5.41) is 14.2. The number of sulfonamides is 1. The molecule has 4 bridgehead atoms. The molecule has 33 heavy (non-hydrogen) atoms. The number of hydrogen-bond acceptors (Lipinski definition) is 5. The van der Waals surface area contributed by atoms with Gasteiger partial charge in [-0.15, -0.1) is 0 Å². The number of aliphatic hydroxyl groups is 1. The van der Waals surface area contributed by atoms with E-state index in [0.29, 0.717) is 18.0 Å². The van der Waals surface area contributed by atoms with Crippen LogP contribution in [-0.4, -0.2) is 38.3 Å². The highest BCUT2D eigenvalue weighted by Gasteiger charge is 2.50. The summed E-state index contributed by atoms with van der Waals surface area (Å²) < 4.78 is 33.4. The second kappa shape index (κ2) is 8.93. The van der Waals surface area contributed by atoms with Crippen molar-refractivity contribution in [3.63, 3.8) is 0 Å². The maximum atomic E-state index is 12.5. The molecule has 7 heteroatoms. The van der Waals surface area contributed by atoms with Crippen LogP contribution in [0, 0.1) is 24.7 Å². The Morgan fingerprint density at radius 1 is 0.970 bits per heavy atom. The predicted molar refractivity (Wildman–Crippen MR) is 129 cm³/mol. The fourth-order valence-corrected chi connectivity index (χ4v) is 7.52. The Labute approximate surface area is 196 Å². The maximum Gasteiger partial charge on any atom is 0.261 e. The molecule has 3 N–H and O–H groups in total. The van der Waals surface area contributed by atoms with Crippen molar-refractivity contribution in [3.8, 4) is 5.75 Å². The number of aliphatic hydroxyl groups excluding tert-OH is 1. The minimum Gasteiger partial charge on any atom is -0.491 e. The molecule has 6 rings (SSSR count). The third-order valence-corrected chi connectivity index (χ3v) is 9.03. The zero-order valence-electron chi connectivity index (χ0n) is 19.2. The molecule has 4 aliphatic carbocycles. The number of benzene rings is 2. The third kappa shape index (κ3) is 5.20. The van der Waals surface area contributed by atoms with Crippen LogP contribution in [-0.2, 0) is 10.0 Å². The number of nitrogens with one attached hydrogen (secondary N) is 2. The topological polar surface area (TPSA) is 87.7 Å². The fourth-order valence-electron chi connectivity index (χ4n) is 6.46. The lowest BCUT2D eigenvalue weighted by atomic mass is 9.53. The number of aryl methyl sites for hydroxylation is 1. The van der Waals surface area contributed by atoms with E-state index >= 15 is 0 Å². The van der Waals surface area contributed by atoms with Crippen LogP contribution in [0.2, 0.25) is 0 Å². The average Bonchev–Trinajstić information content (AvgIpc) is 2.76. The van der Waals surface area contributed by atoms with Crippen LogP contribution >= 0.6 is 0 Å². The van der Waals surface area contributed by atoms with Crippen LogP contribution in [0.25, 0.3) is 0 Å². The molecule has 6 nitrogen and oxygen atoms in total. The second-order valence-electron chi connectivity index (χ2n) is 10.5. The van der Waals surface area contributed by atoms with E-state index in [1.165, 1.54) is 38.5 Å². The number of rotatable bonds is 9. The van der Waals surface area contributed by atoms with E-state index in [-0.39, 0.29) is 17.0 Å². The molecule has 0 spiro atoms. The van der Waals surface area contributed by atoms with E-state index in [9.17, 15) is 13.5 Å². The predicted octanol–water partition coefficient (Wildman–Crippen LogP) is 4.09. The quantitative estimate of drug-likeness (QED) is 0.514. The molecule has 178 valence electrons. The zero-order valence-corrected chi connectivity index (χ0v) is 20.0. The molecule has 4 aliphatic rings. The summed E-state index contributed by atoms with van der Waals surface area (Å²) in [7, 11) is -3.63. The Hall–Kier alpha value is -2.09. The van der Waals surface area contributed by atoms with Crippen molar-refractivity contribution in [1.29, 1.82) is 0 Å². The van der Waals surface area contributed by atoms with E-state index in [0.717, 1.165) is 23.3 Å². The summed E-state index contributed by atoms with van der Waals surface area (Å²) in [4.78, 5) is 0.225. The molecule has 4 fully saturated rings. The lowest BCUT2D eigenvalue weighted by Crippen LogP contribution is -2.59. The van der Waals surface area contributed by atoms with Gasteiger partial charge in [-0.25, -0.2) is 8.42 Å². The third-order valence-electron chi connectivity index (χ3n) is 7.63. The first-order valence-corrected chi connectivity index (χ1v) is 13.5. The Morgan fingerprint density at radius 3 is 2.12 bits per heavy atom. The Kier molecular flexibility index (Phi) is 6.14. The lowest BCUT2D eigenvalue weighted by molar-refractivity contribution is -0.0266. The summed E-state index contributed by atoms with van der Waals surface area (Å²) in [6, 6.07) is 13.5. The Bertz CT molecular complexity index is 1030. The molecular weight excluding hydrogens is 436 g/mol. The van der Waals surface area contributed by atoms with Crippen LogP contribution < -0.4 is 14.8 Å². The van der Waals surface area contributed by atoms with Gasteiger partial charge in [0.2, 0.25) is 0 Å². The van der Waals surface area contributed by atoms with Gasteiger partial charge in [-0.2, -0.15) is 0 Å². The first-order valence-electron chi connectivity index (χ1n) is 12.0. The van der Waals surface area contributed by atoms with E-state index in [1.807, 2.05) is 6.92 Å². The van der Waals surface area contributed by atoms with Crippen molar-refractivity contribution in [2.45, 2.75) is 62.0 Å². The van der Waals surface area contributed by atoms with Crippen LogP contribution in [0.1, 0.15) is 44.1 Å². The molecule has 0 aromatic heterocycles. The smallest absolute Gasteiger partial charge is 0.261 e. The van der Waals surface area contributed by atoms with Gasteiger partial charge in [-0.1, -0.05) is 17.7 Å². The molecule has 0 aliphatic heterocycles. The normalized spacial score (nSPS) is 29.1. The van der Waals surface area contributed by atoms with Crippen LogP contribution in [0.5, 0.6) is 5.75 Å². The van der Waals surface area contributed by atoms with Gasteiger partial charge < -0.3 is 15.2 Å². The van der Waals surface area contributed by atoms with Gasteiger partial charge in [0, 0.05) is 17.8 Å². The van der Waals surface area contributed by atoms with Crippen LogP contribution in [0.3, 0.4) is 0 Å². The monoisotopic (exact) mass is 470 g/mol. The number of anilines is 1. The van der Waals surface area contributed by atoms with Crippen molar-refractivity contribution in [1.82, 2.24) is 5.32 Å². The minimum absolute atomic E-state index is 0.202. The SMILES string of the molecule is Cc1ccc(S(=O)(=O)Nc2ccc(OCC(O)CNC34CC5CC(CC(C5)C3)C4)cc2)cc1. The molecule has 4 saturated carbocycles. The van der Waals surface area contributed by atoms with Gasteiger partial charge in [0.05, 0.1) is 4.90 Å². The highest BCUT2D eigenvalue weighted by molar-refractivity contribution is 7.92. The number of β-amino-alcohol motifs (C(OH)–C–C–N with tert-alkyl or cyclic N) is 1. The van der Waals surface area contributed by atoms with Gasteiger partial charge in [0.25, 0.3) is 10.0 Å². The molecule has 2 aromatic carbocycles. The maximum absolute atomic E-state index is 12.5. The van der Waals surface area contributed by atoms with Gasteiger partial charge in [0.1, 0.15) is 18.5 Å². The van der Waals surface area contributed by atoms with Gasteiger partial charge in [-0.05, 0) is 99.6 Å². The minimum atomic E-state index is -3.63.